The smallest absolute Gasteiger partial charge is 0.337 e. The van der Waals surface area contributed by atoms with Crippen LogP contribution in [-0.2, 0) is 4.74 Å². The Kier molecular flexibility index (Phi) is 4.67. The number of hydrogen-bond donors (Lipinski definition) is 2. The molecule has 0 aromatic heterocycles. The summed E-state index contributed by atoms with van der Waals surface area (Å²) in [7, 11) is 1.36. The van der Waals surface area contributed by atoms with Gasteiger partial charge in [-0.15, -0.1) is 0 Å². The van der Waals surface area contributed by atoms with Crippen LogP contribution in [0.1, 0.15) is 31.1 Å². The largest absolute Gasteiger partial charge is 0.465 e. The Labute approximate surface area is 113 Å². The molecule has 5 heteroatoms. The van der Waals surface area contributed by atoms with E-state index in [0.717, 1.165) is 5.69 Å². The number of benzene rings is 1. The second-order valence-electron chi connectivity index (χ2n) is 4.90. The molecule has 0 unspecified atom stereocenters. The molecule has 0 radical (unpaired) electrons. The summed E-state index contributed by atoms with van der Waals surface area (Å²) in [4.78, 5) is 11.3. The van der Waals surface area contributed by atoms with Gasteiger partial charge in [0.2, 0.25) is 0 Å². The van der Waals surface area contributed by atoms with Gasteiger partial charge in [-0.2, -0.15) is 0 Å². The Morgan fingerprint density at radius 2 is 1.78 bits per heavy atom. The highest BCUT2D eigenvalue weighted by molar-refractivity contribution is 7.80. The molecule has 0 bridgehead atoms. The number of hydrogen-bond acceptors (Lipinski definition) is 3. The summed E-state index contributed by atoms with van der Waals surface area (Å²) >= 11 is 5.18. The fraction of sp³-hybridized carbons (Fsp3) is 0.385. The van der Waals surface area contributed by atoms with Crippen molar-refractivity contribution in [3.05, 3.63) is 29.8 Å². The summed E-state index contributed by atoms with van der Waals surface area (Å²) in [5.41, 5.74) is 1.25. The maximum atomic E-state index is 11.3. The molecule has 1 rings (SSSR count). The van der Waals surface area contributed by atoms with Crippen LogP contribution >= 0.6 is 12.2 Å². The zero-order chi connectivity index (χ0) is 13.8. The highest BCUT2D eigenvalue weighted by atomic mass is 32.1. The molecule has 0 atom stereocenters. The van der Waals surface area contributed by atoms with Crippen LogP contribution in [0.2, 0.25) is 0 Å². The molecule has 0 spiro atoms. The Balaban J connectivity index is 2.64. The van der Waals surface area contributed by atoms with Gasteiger partial charge in [0.25, 0.3) is 0 Å². The Hall–Kier alpha value is -1.62. The molecule has 1 aromatic rings. The molecule has 0 heterocycles. The Morgan fingerprint density at radius 3 is 2.22 bits per heavy atom. The quantitative estimate of drug-likeness (QED) is 0.636. The van der Waals surface area contributed by atoms with Crippen molar-refractivity contribution in [1.29, 1.82) is 0 Å². The molecule has 0 fully saturated rings. The van der Waals surface area contributed by atoms with E-state index in [4.69, 9.17) is 12.2 Å². The van der Waals surface area contributed by atoms with Crippen LogP contribution in [-0.4, -0.2) is 23.7 Å². The topological polar surface area (TPSA) is 50.4 Å². The van der Waals surface area contributed by atoms with E-state index in [0.29, 0.717) is 10.7 Å². The van der Waals surface area contributed by atoms with E-state index in [2.05, 4.69) is 15.4 Å². The van der Waals surface area contributed by atoms with E-state index in [1.54, 1.807) is 24.3 Å². The number of ether oxygens (including phenoxy) is 1. The van der Waals surface area contributed by atoms with Crippen LogP contribution in [0, 0.1) is 0 Å². The monoisotopic (exact) mass is 266 g/mol. The summed E-state index contributed by atoms with van der Waals surface area (Å²) in [6.45, 7) is 6.09. The summed E-state index contributed by atoms with van der Waals surface area (Å²) in [5, 5.41) is 6.75. The molecular formula is C13H18N2O2S. The predicted molar refractivity (Wildman–Crippen MR) is 76.9 cm³/mol. The third-order valence-corrected chi connectivity index (χ3v) is 2.26. The minimum Gasteiger partial charge on any atom is -0.465 e. The third kappa shape index (κ3) is 4.71. The molecule has 0 saturated heterocycles. The van der Waals surface area contributed by atoms with Gasteiger partial charge in [0.15, 0.2) is 5.11 Å². The second-order valence-corrected chi connectivity index (χ2v) is 5.31. The lowest BCUT2D eigenvalue weighted by atomic mass is 10.1. The minimum atomic E-state index is -0.350. The predicted octanol–water partition coefficient (Wildman–Crippen LogP) is 2.56. The third-order valence-electron chi connectivity index (χ3n) is 2.05. The van der Waals surface area contributed by atoms with Gasteiger partial charge in [-0.1, -0.05) is 0 Å². The normalized spacial score (nSPS) is 10.7. The first-order valence-electron chi connectivity index (χ1n) is 5.59. The molecule has 0 aliphatic heterocycles. The number of anilines is 1. The lowest BCUT2D eigenvalue weighted by Crippen LogP contribution is -2.42. The van der Waals surface area contributed by atoms with Gasteiger partial charge >= 0.3 is 5.97 Å². The zero-order valence-corrected chi connectivity index (χ0v) is 11.9. The number of esters is 1. The van der Waals surface area contributed by atoms with Crippen LogP contribution < -0.4 is 10.6 Å². The lowest BCUT2D eigenvalue weighted by Gasteiger charge is -2.23. The van der Waals surface area contributed by atoms with E-state index >= 15 is 0 Å². The van der Waals surface area contributed by atoms with Crippen molar-refractivity contribution < 1.29 is 9.53 Å². The molecule has 0 amide bonds. The molecule has 98 valence electrons. The van der Waals surface area contributed by atoms with Gasteiger partial charge in [0.05, 0.1) is 12.7 Å². The summed E-state index contributed by atoms with van der Waals surface area (Å²) in [6, 6.07) is 6.94. The fourth-order valence-electron chi connectivity index (χ4n) is 1.31. The minimum absolute atomic E-state index is 0.0873. The molecule has 0 aliphatic carbocycles. The first kappa shape index (κ1) is 14.4. The highest BCUT2D eigenvalue weighted by Crippen LogP contribution is 2.11. The van der Waals surface area contributed by atoms with Crippen molar-refractivity contribution in [2.75, 3.05) is 12.4 Å². The molecular weight excluding hydrogens is 248 g/mol. The number of nitrogens with one attached hydrogen (secondary N) is 2. The molecule has 4 nitrogen and oxygen atoms in total. The van der Waals surface area contributed by atoms with E-state index in [1.807, 2.05) is 20.8 Å². The van der Waals surface area contributed by atoms with Crippen LogP contribution in [0.3, 0.4) is 0 Å². The van der Waals surface area contributed by atoms with Gasteiger partial charge in [-0.25, -0.2) is 4.79 Å². The van der Waals surface area contributed by atoms with E-state index in [-0.39, 0.29) is 11.5 Å². The zero-order valence-electron chi connectivity index (χ0n) is 11.0. The number of methoxy groups -OCH3 is 1. The Morgan fingerprint density at radius 1 is 1.22 bits per heavy atom. The van der Waals surface area contributed by atoms with Crippen molar-refractivity contribution in [3.8, 4) is 0 Å². The second kappa shape index (κ2) is 5.82. The van der Waals surface area contributed by atoms with E-state index in [1.165, 1.54) is 7.11 Å². The maximum Gasteiger partial charge on any atom is 0.337 e. The fourth-order valence-corrected chi connectivity index (χ4v) is 1.73. The average Bonchev–Trinajstić information content (AvgIpc) is 2.26. The lowest BCUT2D eigenvalue weighted by molar-refractivity contribution is 0.0601. The standard InChI is InChI=1S/C13H18N2O2S/c1-13(2,3)15-12(18)14-10-7-5-9(6-8-10)11(16)17-4/h5-8H,1-4H3,(H2,14,15,18). The van der Waals surface area contributed by atoms with Crippen LogP contribution in [0.25, 0.3) is 0 Å². The first-order valence-corrected chi connectivity index (χ1v) is 6.00. The van der Waals surface area contributed by atoms with Crippen molar-refractivity contribution in [3.63, 3.8) is 0 Å². The average molecular weight is 266 g/mol. The van der Waals surface area contributed by atoms with Gasteiger partial charge in [-0.3, -0.25) is 0 Å². The maximum absolute atomic E-state index is 11.3. The van der Waals surface area contributed by atoms with Crippen molar-refractivity contribution in [1.82, 2.24) is 5.32 Å². The Bertz CT molecular complexity index is 435. The van der Waals surface area contributed by atoms with Crippen LogP contribution in [0.15, 0.2) is 24.3 Å². The molecule has 18 heavy (non-hydrogen) atoms. The van der Waals surface area contributed by atoms with Gasteiger partial charge < -0.3 is 15.4 Å². The number of thiocarbonyl (C=S) groups is 1. The van der Waals surface area contributed by atoms with Gasteiger partial charge in [-0.05, 0) is 57.3 Å². The summed E-state index contributed by atoms with van der Waals surface area (Å²) < 4.78 is 4.63. The number of rotatable bonds is 2. The van der Waals surface area contributed by atoms with E-state index < -0.39 is 0 Å². The van der Waals surface area contributed by atoms with Crippen molar-refractivity contribution in [2.24, 2.45) is 0 Å². The molecule has 0 saturated carbocycles. The molecule has 0 aliphatic rings. The molecule has 2 N–H and O–H groups in total. The number of carbonyl (C=O) groups excluding carboxylic acids is 1. The van der Waals surface area contributed by atoms with Gasteiger partial charge in [0, 0.05) is 11.2 Å². The van der Waals surface area contributed by atoms with Crippen LogP contribution in [0.5, 0.6) is 0 Å². The molecule has 1 aromatic carbocycles. The van der Waals surface area contributed by atoms with Crippen LogP contribution in [0.4, 0.5) is 5.69 Å². The first-order chi connectivity index (χ1) is 8.31. The summed E-state index contributed by atoms with van der Waals surface area (Å²) in [6.07, 6.45) is 0. The van der Waals surface area contributed by atoms with E-state index in [9.17, 15) is 4.79 Å². The van der Waals surface area contributed by atoms with Crippen molar-refractivity contribution >= 4 is 29.0 Å². The number of carbonyl (C=O) groups is 1. The van der Waals surface area contributed by atoms with Crippen molar-refractivity contribution in [2.45, 2.75) is 26.3 Å². The summed E-state index contributed by atoms with van der Waals surface area (Å²) in [5.74, 6) is -0.350. The SMILES string of the molecule is COC(=O)c1ccc(NC(=S)NC(C)(C)C)cc1. The van der Waals surface area contributed by atoms with Gasteiger partial charge in [0.1, 0.15) is 0 Å². The highest BCUT2D eigenvalue weighted by Gasteiger charge is 2.11.